The Morgan fingerprint density at radius 2 is 2.29 bits per heavy atom. The number of methoxy groups -OCH3 is 1. The van der Waals surface area contributed by atoms with Gasteiger partial charge in [0.05, 0.1) is 7.11 Å². The van der Waals surface area contributed by atoms with Crippen molar-refractivity contribution in [1.82, 2.24) is 4.90 Å². The first-order chi connectivity index (χ1) is 8.19. The molecular formula is C13H17Br2NO. The number of hydrogen-bond donors (Lipinski definition) is 0. The largest absolute Gasteiger partial charge is 0.497 e. The summed E-state index contributed by atoms with van der Waals surface area (Å²) in [7, 11) is 1.71. The SMILES string of the molecule is COc1ccc(Br)c(CN2CCCC(Br)C2)c1. The van der Waals surface area contributed by atoms with Crippen molar-refractivity contribution in [3.8, 4) is 5.75 Å². The van der Waals surface area contributed by atoms with Crippen molar-refractivity contribution in [2.45, 2.75) is 24.2 Å². The first-order valence-electron chi connectivity index (χ1n) is 5.88. The van der Waals surface area contributed by atoms with Gasteiger partial charge in [-0.3, -0.25) is 4.90 Å². The Balaban J connectivity index is 2.06. The zero-order valence-electron chi connectivity index (χ0n) is 9.96. The Kier molecular flexibility index (Phi) is 4.88. The van der Waals surface area contributed by atoms with Crippen LogP contribution < -0.4 is 4.74 Å². The first kappa shape index (κ1) is 13.4. The Labute approximate surface area is 120 Å². The summed E-state index contributed by atoms with van der Waals surface area (Å²) in [6.45, 7) is 3.30. The molecule has 0 saturated carbocycles. The smallest absolute Gasteiger partial charge is 0.119 e. The molecule has 1 unspecified atom stereocenters. The van der Waals surface area contributed by atoms with Crippen molar-refractivity contribution in [3.05, 3.63) is 28.2 Å². The lowest BCUT2D eigenvalue weighted by Gasteiger charge is -2.30. The van der Waals surface area contributed by atoms with Crippen molar-refractivity contribution in [3.63, 3.8) is 0 Å². The second kappa shape index (κ2) is 6.21. The Hall–Kier alpha value is -0.0600. The van der Waals surface area contributed by atoms with E-state index in [1.807, 2.05) is 6.07 Å². The van der Waals surface area contributed by atoms with Gasteiger partial charge in [0.1, 0.15) is 5.75 Å². The van der Waals surface area contributed by atoms with E-state index in [9.17, 15) is 0 Å². The van der Waals surface area contributed by atoms with Gasteiger partial charge in [0.2, 0.25) is 0 Å². The van der Waals surface area contributed by atoms with Crippen LogP contribution in [-0.4, -0.2) is 29.9 Å². The number of nitrogens with zero attached hydrogens (tertiary/aromatic N) is 1. The molecule has 0 amide bonds. The zero-order valence-corrected chi connectivity index (χ0v) is 13.1. The Bertz CT molecular complexity index is 384. The molecule has 2 nitrogen and oxygen atoms in total. The fourth-order valence-electron chi connectivity index (χ4n) is 2.18. The van der Waals surface area contributed by atoms with Gasteiger partial charge < -0.3 is 4.74 Å². The Morgan fingerprint density at radius 3 is 3.00 bits per heavy atom. The molecule has 0 radical (unpaired) electrons. The van der Waals surface area contributed by atoms with E-state index in [1.54, 1.807) is 7.11 Å². The predicted octanol–water partition coefficient (Wildman–Crippen LogP) is 3.82. The summed E-state index contributed by atoms with van der Waals surface area (Å²) < 4.78 is 6.43. The minimum absolute atomic E-state index is 0.639. The molecule has 1 aromatic carbocycles. The van der Waals surface area contributed by atoms with Crippen molar-refractivity contribution in [1.29, 1.82) is 0 Å². The maximum absolute atomic E-state index is 5.27. The highest BCUT2D eigenvalue weighted by Crippen LogP contribution is 2.25. The molecule has 1 fully saturated rings. The molecule has 2 rings (SSSR count). The molecule has 1 atom stereocenters. The summed E-state index contributed by atoms with van der Waals surface area (Å²) >= 11 is 7.32. The lowest BCUT2D eigenvalue weighted by Crippen LogP contribution is -2.35. The van der Waals surface area contributed by atoms with Crippen LogP contribution in [0, 0.1) is 0 Å². The van der Waals surface area contributed by atoms with Crippen LogP contribution in [0.25, 0.3) is 0 Å². The van der Waals surface area contributed by atoms with Crippen LogP contribution in [0.4, 0.5) is 0 Å². The highest BCUT2D eigenvalue weighted by Gasteiger charge is 2.18. The lowest BCUT2D eigenvalue weighted by molar-refractivity contribution is 0.227. The molecule has 94 valence electrons. The van der Waals surface area contributed by atoms with Gasteiger partial charge in [-0.25, -0.2) is 0 Å². The molecule has 0 aliphatic carbocycles. The molecule has 17 heavy (non-hydrogen) atoms. The van der Waals surface area contributed by atoms with Crippen LogP contribution in [0.2, 0.25) is 0 Å². The number of ether oxygens (including phenoxy) is 1. The van der Waals surface area contributed by atoms with E-state index < -0.39 is 0 Å². The molecule has 0 spiro atoms. The highest BCUT2D eigenvalue weighted by atomic mass is 79.9. The molecule has 0 aromatic heterocycles. The molecule has 1 aromatic rings. The number of alkyl halides is 1. The summed E-state index contributed by atoms with van der Waals surface area (Å²) in [5, 5.41) is 0. The molecule has 1 saturated heterocycles. The lowest BCUT2D eigenvalue weighted by atomic mass is 10.1. The van der Waals surface area contributed by atoms with Crippen molar-refractivity contribution >= 4 is 31.9 Å². The number of likely N-dealkylation sites (tertiary alicyclic amines) is 1. The maximum atomic E-state index is 5.27. The van der Waals surface area contributed by atoms with Crippen LogP contribution in [-0.2, 0) is 6.54 Å². The van der Waals surface area contributed by atoms with Crippen LogP contribution in [0.3, 0.4) is 0 Å². The quantitative estimate of drug-likeness (QED) is 0.758. The molecular weight excluding hydrogens is 346 g/mol. The molecule has 1 aliphatic rings. The third kappa shape index (κ3) is 3.70. The summed E-state index contributed by atoms with van der Waals surface area (Å²) in [6, 6.07) is 6.16. The monoisotopic (exact) mass is 361 g/mol. The number of piperidine rings is 1. The van der Waals surface area contributed by atoms with Crippen LogP contribution in [0.5, 0.6) is 5.75 Å². The average Bonchev–Trinajstić information content (AvgIpc) is 2.32. The number of benzene rings is 1. The molecule has 4 heteroatoms. The van der Waals surface area contributed by atoms with Gasteiger partial charge in [-0.05, 0) is 43.1 Å². The van der Waals surface area contributed by atoms with Crippen LogP contribution in [0.1, 0.15) is 18.4 Å². The van der Waals surface area contributed by atoms with E-state index >= 15 is 0 Å². The van der Waals surface area contributed by atoms with Gasteiger partial charge >= 0.3 is 0 Å². The molecule has 0 N–H and O–H groups in total. The van der Waals surface area contributed by atoms with Gasteiger partial charge in [-0.15, -0.1) is 0 Å². The van der Waals surface area contributed by atoms with Crippen LogP contribution in [0.15, 0.2) is 22.7 Å². The predicted molar refractivity (Wildman–Crippen MR) is 77.9 cm³/mol. The van der Waals surface area contributed by atoms with E-state index in [4.69, 9.17) is 4.74 Å². The van der Waals surface area contributed by atoms with Crippen LogP contribution >= 0.6 is 31.9 Å². The van der Waals surface area contributed by atoms with E-state index in [0.29, 0.717) is 4.83 Å². The Morgan fingerprint density at radius 1 is 1.47 bits per heavy atom. The minimum atomic E-state index is 0.639. The fraction of sp³-hybridized carbons (Fsp3) is 0.538. The molecule has 0 bridgehead atoms. The van der Waals surface area contributed by atoms with Crippen molar-refractivity contribution in [2.24, 2.45) is 0 Å². The van der Waals surface area contributed by atoms with E-state index in [2.05, 4.69) is 48.9 Å². The second-order valence-electron chi connectivity index (χ2n) is 4.43. The molecule has 1 heterocycles. The number of hydrogen-bond acceptors (Lipinski definition) is 2. The van der Waals surface area contributed by atoms with E-state index in [0.717, 1.165) is 23.3 Å². The van der Waals surface area contributed by atoms with Crippen molar-refractivity contribution < 1.29 is 4.74 Å². The minimum Gasteiger partial charge on any atom is -0.497 e. The zero-order chi connectivity index (χ0) is 12.3. The fourth-order valence-corrected chi connectivity index (χ4v) is 3.29. The standard InChI is InChI=1S/C13H17Br2NO/c1-17-12-4-5-13(15)10(7-12)8-16-6-2-3-11(14)9-16/h4-5,7,11H,2-3,6,8-9H2,1H3. The summed E-state index contributed by atoms with van der Waals surface area (Å²) in [5.74, 6) is 0.926. The molecule has 1 aliphatic heterocycles. The second-order valence-corrected chi connectivity index (χ2v) is 6.58. The van der Waals surface area contributed by atoms with Crippen molar-refractivity contribution in [2.75, 3.05) is 20.2 Å². The number of halogens is 2. The maximum Gasteiger partial charge on any atom is 0.119 e. The summed E-state index contributed by atoms with van der Waals surface area (Å²) in [5.41, 5.74) is 1.30. The normalized spacial score (nSPS) is 21.5. The third-order valence-electron chi connectivity index (χ3n) is 3.09. The van der Waals surface area contributed by atoms with Gasteiger partial charge in [-0.1, -0.05) is 31.9 Å². The van der Waals surface area contributed by atoms with Gasteiger partial charge in [-0.2, -0.15) is 0 Å². The number of rotatable bonds is 3. The van der Waals surface area contributed by atoms with Gasteiger partial charge in [0, 0.05) is 22.4 Å². The summed E-state index contributed by atoms with van der Waals surface area (Å²) in [6.07, 6.45) is 2.56. The van der Waals surface area contributed by atoms with Gasteiger partial charge in [0.15, 0.2) is 0 Å². The third-order valence-corrected chi connectivity index (χ3v) is 4.62. The topological polar surface area (TPSA) is 12.5 Å². The highest BCUT2D eigenvalue weighted by molar-refractivity contribution is 9.10. The van der Waals surface area contributed by atoms with E-state index in [-0.39, 0.29) is 0 Å². The average molecular weight is 363 g/mol. The summed E-state index contributed by atoms with van der Waals surface area (Å²) in [4.78, 5) is 3.13. The first-order valence-corrected chi connectivity index (χ1v) is 7.59. The van der Waals surface area contributed by atoms with E-state index in [1.165, 1.54) is 24.9 Å². The van der Waals surface area contributed by atoms with Gasteiger partial charge in [0.25, 0.3) is 0 Å².